The van der Waals surface area contributed by atoms with Crippen LogP contribution in [0.15, 0.2) is 17.5 Å². The van der Waals surface area contributed by atoms with Gasteiger partial charge in [0.25, 0.3) is 0 Å². The summed E-state index contributed by atoms with van der Waals surface area (Å²) in [5.41, 5.74) is 7.94. The molecule has 0 radical (unpaired) electrons. The van der Waals surface area contributed by atoms with Crippen LogP contribution < -0.4 is 5.73 Å². The van der Waals surface area contributed by atoms with E-state index in [0.29, 0.717) is 5.82 Å². The number of hydrogen-bond donors (Lipinski definition) is 2. The Bertz CT molecular complexity index is 417. The van der Waals surface area contributed by atoms with Gasteiger partial charge in [0.1, 0.15) is 5.82 Å². The van der Waals surface area contributed by atoms with Crippen molar-refractivity contribution < 1.29 is 0 Å². The molecule has 80 valence electrons. The van der Waals surface area contributed by atoms with Crippen molar-refractivity contribution in [3.05, 3.63) is 33.6 Å². The summed E-state index contributed by atoms with van der Waals surface area (Å²) in [4.78, 5) is 1.44. The Labute approximate surface area is 93.3 Å². The Morgan fingerprint density at radius 3 is 2.93 bits per heavy atom. The van der Waals surface area contributed by atoms with E-state index in [2.05, 4.69) is 27.7 Å². The summed E-state index contributed by atoms with van der Waals surface area (Å²) in [5, 5.41) is 9.09. The van der Waals surface area contributed by atoms with Gasteiger partial charge < -0.3 is 5.73 Å². The number of aromatic amines is 1. The number of nitrogens with two attached hydrogens (primary N) is 1. The van der Waals surface area contributed by atoms with Crippen LogP contribution in [0.2, 0.25) is 0 Å². The molecule has 0 bridgehead atoms. The van der Waals surface area contributed by atoms with Crippen LogP contribution in [-0.2, 0) is 12.8 Å². The molecular formula is C11H15N3S. The standard InChI is InChI=1S/C11H15N3S/c1-8-10(13-14-11(8)12)6-2-4-9-5-3-7-15-9/h3,5,7H,2,4,6H2,1H3,(H3,12,13,14). The number of rotatable bonds is 4. The molecule has 0 aliphatic carbocycles. The molecule has 0 atom stereocenters. The van der Waals surface area contributed by atoms with Crippen LogP contribution in [-0.4, -0.2) is 10.2 Å². The van der Waals surface area contributed by atoms with E-state index < -0.39 is 0 Å². The van der Waals surface area contributed by atoms with Crippen molar-refractivity contribution in [3.8, 4) is 0 Å². The average molecular weight is 221 g/mol. The fraction of sp³-hybridized carbons (Fsp3) is 0.364. The normalized spacial score (nSPS) is 10.7. The van der Waals surface area contributed by atoms with Crippen LogP contribution in [0.5, 0.6) is 0 Å². The van der Waals surface area contributed by atoms with Gasteiger partial charge in [0, 0.05) is 16.1 Å². The van der Waals surface area contributed by atoms with Crippen LogP contribution >= 0.6 is 11.3 Å². The third-order valence-electron chi connectivity index (χ3n) is 2.58. The summed E-state index contributed by atoms with van der Waals surface area (Å²) < 4.78 is 0. The molecule has 0 aromatic carbocycles. The van der Waals surface area contributed by atoms with Crippen LogP contribution in [0, 0.1) is 6.92 Å². The van der Waals surface area contributed by atoms with Crippen LogP contribution in [0.3, 0.4) is 0 Å². The Morgan fingerprint density at radius 2 is 2.33 bits per heavy atom. The number of anilines is 1. The lowest BCUT2D eigenvalue weighted by Gasteiger charge is -1.98. The van der Waals surface area contributed by atoms with Crippen molar-refractivity contribution in [2.75, 3.05) is 5.73 Å². The maximum absolute atomic E-state index is 5.67. The number of nitrogens with zero attached hydrogens (tertiary/aromatic N) is 1. The fourth-order valence-corrected chi connectivity index (χ4v) is 2.34. The van der Waals surface area contributed by atoms with Crippen LogP contribution in [0.4, 0.5) is 5.82 Å². The highest BCUT2D eigenvalue weighted by molar-refractivity contribution is 7.09. The molecule has 2 aromatic heterocycles. The van der Waals surface area contributed by atoms with Gasteiger partial charge in [-0.1, -0.05) is 6.07 Å². The zero-order valence-corrected chi connectivity index (χ0v) is 9.60. The largest absolute Gasteiger partial charge is 0.382 e. The molecule has 0 aliphatic rings. The number of aryl methyl sites for hydroxylation is 2. The zero-order chi connectivity index (χ0) is 10.7. The second-order valence-electron chi connectivity index (χ2n) is 3.65. The molecule has 0 spiro atoms. The maximum atomic E-state index is 5.67. The lowest BCUT2D eigenvalue weighted by atomic mass is 10.1. The molecule has 3 nitrogen and oxygen atoms in total. The van der Waals surface area contributed by atoms with Crippen molar-refractivity contribution in [2.45, 2.75) is 26.2 Å². The average Bonchev–Trinajstić information content (AvgIpc) is 2.83. The van der Waals surface area contributed by atoms with E-state index in [0.717, 1.165) is 24.8 Å². The van der Waals surface area contributed by atoms with Crippen molar-refractivity contribution in [3.63, 3.8) is 0 Å². The number of hydrogen-bond acceptors (Lipinski definition) is 3. The van der Waals surface area contributed by atoms with Gasteiger partial charge >= 0.3 is 0 Å². The fourth-order valence-electron chi connectivity index (χ4n) is 1.59. The van der Waals surface area contributed by atoms with Crippen molar-refractivity contribution in [1.82, 2.24) is 10.2 Å². The van der Waals surface area contributed by atoms with Gasteiger partial charge in [-0.15, -0.1) is 11.3 Å². The molecule has 15 heavy (non-hydrogen) atoms. The topological polar surface area (TPSA) is 54.7 Å². The smallest absolute Gasteiger partial charge is 0.148 e. The number of aromatic nitrogens is 2. The van der Waals surface area contributed by atoms with Gasteiger partial charge in [-0.05, 0) is 37.6 Å². The van der Waals surface area contributed by atoms with Crippen LogP contribution in [0.1, 0.15) is 22.6 Å². The summed E-state index contributed by atoms with van der Waals surface area (Å²) in [5.74, 6) is 0.626. The highest BCUT2D eigenvalue weighted by atomic mass is 32.1. The molecule has 2 aromatic rings. The molecule has 3 N–H and O–H groups in total. The molecule has 0 unspecified atom stereocenters. The third-order valence-corrected chi connectivity index (χ3v) is 3.51. The van der Waals surface area contributed by atoms with Crippen molar-refractivity contribution in [1.29, 1.82) is 0 Å². The van der Waals surface area contributed by atoms with Crippen LogP contribution in [0.25, 0.3) is 0 Å². The van der Waals surface area contributed by atoms with E-state index in [4.69, 9.17) is 5.73 Å². The van der Waals surface area contributed by atoms with Crippen molar-refractivity contribution in [2.24, 2.45) is 0 Å². The SMILES string of the molecule is Cc1c(N)n[nH]c1CCCc1cccs1. The van der Waals surface area contributed by atoms with Gasteiger partial charge in [-0.2, -0.15) is 5.10 Å². The first-order valence-corrected chi connectivity index (χ1v) is 5.97. The van der Waals surface area contributed by atoms with E-state index in [9.17, 15) is 0 Å². The predicted molar refractivity (Wildman–Crippen MR) is 64.1 cm³/mol. The van der Waals surface area contributed by atoms with Gasteiger partial charge in [0.15, 0.2) is 0 Å². The zero-order valence-electron chi connectivity index (χ0n) is 8.79. The number of thiophene rings is 1. The summed E-state index contributed by atoms with van der Waals surface area (Å²) in [6, 6.07) is 4.28. The lowest BCUT2D eigenvalue weighted by Crippen LogP contribution is -1.91. The Balaban J connectivity index is 1.86. The van der Waals surface area contributed by atoms with E-state index in [1.165, 1.54) is 10.6 Å². The quantitative estimate of drug-likeness (QED) is 0.833. The monoisotopic (exact) mass is 221 g/mol. The van der Waals surface area contributed by atoms with E-state index in [-0.39, 0.29) is 0 Å². The first kappa shape index (κ1) is 10.2. The second-order valence-corrected chi connectivity index (χ2v) is 4.68. The van der Waals surface area contributed by atoms with E-state index >= 15 is 0 Å². The number of nitrogen functional groups attached to an aromatic ring is 1. The summed E-state index contributed by atoms with van der Waals surface area (Å²) in [7, 11) is 0. The minimum atomic E-state index is 0.626. The molecule has 0 saturated carbocycles. The van der Waals surface area contributed by atoms with Crippen molar-refractivity contribution >= 4 is 17.2 Å². The van der Waals surface area contributed by atoms with E-state index in [1.807, 2.05) is 18.3 Å². The van der Waals surface area contributed by atoms with Gasteiger partial charge in [0.2, 0.25) is 0 Å². The maximum Gasteiger partial charge on any atom is 0.148 e. The Morgan fingerprint density at radius 1 is 1.47 bits per heavy atom. The van der Waals surface area contributed by atoms with Gasteiger partial charge in [-0.3, -0.25) is 5.10 Å². The number of H-pyrrole nitrogens is 1. The summed E-state index contributed by atoms with van der Waals surface area (Å²) in [6.45, 7) is 2.01. The molecule has 0 amide bonds. The highest BCUT2D eigenvalue weighted by Crippen LogP contribution is 2.16. The number of nitrogens with one attached hydrogen (secondary N) is 1. The molecule has 0 fully saturated rings. The molecular weight excluding hydrogens is 206 g/mol. The minimum Gasteiger partial charge on any atom is -0.382 e. The third kappa shape index (κ3) is 2.39. The minimum absolute atomic E-state index is 0.626. The Kier molecular flexibility index (Phi) is 3.06. The first-order valence-electron chi connectivity index (χ1n) is 5.09. The molecule has 0 saturated heterocycles. The molecule has 2 heterocycles. The van der Waals surface area contributed by atoms with Gasteiger partial charge in [-0.25, -0.2) is 0 Å². The first-order chi connectivity index (χ1) is 7.27. The lowest BCUT2D eigenvalue weighted by molar-refractivity contribution is 0.797. The summed E-state index contributed by atoms with van der Waals surface area (Å²) >= 11 is 1.82. The molecule has 4 heteroatoms. The molecule has 0 aliphatic heterocycles. The van der Waals surface area contributed by atoms with Gasteiger partial charge in [0.05, 0.1) is 0 Å². The predicted octanol–water partition coefficient (Wildman–Crippen LogP) is 2.54. The second kappa shape index (κ2) is 4.49. The highest BCUT2D eigenvalue weighted by Gasteiger charge is 2.05. The molecule has 2 rings (SSSR count). The van der Waals surface area contributed by atoms with E-state index in [1.54, 1.807) is 0 Å². The summed E-state index contributed by atoms with van der Waals surface area (Å²) in [6.07, 6.45) is 3.30. The Hall–Kier alpha value is -1.29.